The van der Waals surface area contributed by atoms with Gasteiger partial charge in [-0.25, -0.2) is 0 Å². The Morgan fingerprint density at radius 2 is 1.74 bits per heavy atom. The first kappa shape index (κ1) is 12.6. The molecule has 0 atom stereocenters. The fourth-order valence-corrected chi connectivity index (χ4v) is 3.47. The van der Waals surface area contributed by atoms with Gasteiger partial charge in [-0.2, -0.15) is 0 Å². The molecule has 2 heteroatoms. The number of aryl methyl sites for hydroxylation is 1. The third kappa shape index (κ3) is 2.37. The summed E-state index contributed by atoms with van der Waals surface area (Å²) in [5.74, 6) is 0.347. The average Bonchev–Trinajstić information content (AvgIpc) is 2.81. The van der Waals surface area contributed by atoms with Crippen LogP contribution < -0.4 is 0 Å². The maximum atomic E-state index is 12.6. The number of fused-ring (bicyclic) bond motifs is 1. The molecule has 0 saturated heterocycles. The standard InChI is InChI=1S/C17H15BrO/c1-11-6-7-15(16(18)8-11)17(19)14-9-12-4-2-3-5-13(12)10-14/h2-8,14H,9-10H2,1H3. The predicted molar refractivity (Wildman–Crippen MR) is 80.5 cm³/mol. The van der Waals surface area contributed by atoms with E-state index in [0.717, 1.165) is 28.4 Å². The second-order valence-corrected chi connectivity index (χ2v) is 6.08. The maximum absolute atomic E-state index is 12.6. The highest BCUT2D eigenvalue weighted by Crippen LogP contribution is 2.31. The molecule has 0 spiro atoms. The van der Waals surface area contributed by atoms with E-state index in [2.05, 4.69) is 28.1 Å². The quantitative estimate of drug-likeness (QED) is 0.753. The summed E-state index contributed by atoms with van der Waals surface area (Å²) >= 11 is 3.51. The highest BCUT2D eigenvalue weighted by Gasteiger charge is 2.28. The Bertz CT molecular complexity index is 620. The van der Waals surface area contributed by atoms with Crippen molar-refractivity contribution in [1.29, 1.82) is 0 Å². The number of ketones is 1. The van der Waals surface area contributed by atoms with Crippen molar-refractivity contribution in [3.8, 4) is 0 Å². The molecule has 0 N–H and O–H groups in total. The molecular formula is C17H15BrO. The number of rotatable bonds is 2. The van der Waals surface area contributed by atoms with Crippen LogP contribution in [0.4, 0.5) is 0 Å². The zero-order valence-electron chi connectivity index (χ0n) is 10.8. The van der Waals surface area contributed by atoms with E-state index < -0.39 is 0 Å². The Morgan fingerprint density at radius 3 is 2.32 bits per heavy atom. The lowest BCUT2D eigenvalue weighted by molar-refractivity contribution is 0.0924. The van der Waals surface area contributed by atoms with Crippen molar-refractivity contribution in [2.75, 3.05) is 0 Å². The van der Waals surface area contributed by atoms with E-state index >= 15 is 0 Å². The maximum Gasteiger partial charge on any atom is 0.167 e. The van der Waals surface area contributed by atoms with Crippen LogP contribution in [0.3, 0.4) is 0 Å². The van der Waals surface area contributed by atoms with E-state index in [4.69, 9.17) is 0 Å². The van der Waals surface area contributed by atoms with Crippen LogP contribution >= 0.6 is 15.9 Å². The molecule has 0 aromatic heterocycles. The highest BCUT2D eigenvalue weighted by molar-refractivity contribution is 9.10. The first-order valence-electron chi connectivity index (χ1n) is 6.52. The molecular weight excluding hydrogens is 300 g/mol. The van der Waals surface area contributed by atoms with Crippen molar-refractivity contribution in [3.05, 3.63) is 69.2 Å². The fourth-order valence-electron chi connectivity index (χ4n) is 2.78. The van der Waals surface area contributed by atoms with Gasteiger partial charge in [0.25, 0.3) is 0 Å². The van der Waals surface area contributed by atoms with Crippen LogP contribution in [0.5, 0.6) is 0 Å². The summed E-state index contributed by atoms with van der Waals surface area (Å²) < 4.78 is 0.911. The van der Waals surface area contributed by atoms with Crippen molar-refractivity contribution in [3.63, 3.8) is 0 Å². The number of carbonyl (C=O) groups is 1. The summed E-state index contributed by atoms with van der Waals surface area (Å²) in [4.78, 5) is 12.6. The molecule has 0 bridgehead atoms. The summed E-state index contributed by atoms with van der Waals surface area (Å²) in [5, 5.41) is 0. The molecule has 0 saturated carbocycles. The summed E-state index contributed by atoms with van der Waals surface area (Å²) in [6.07, 6.45) is 1.74. The van der Waals surface area contributed by atoms with E-state index in [0.29, 0.717) is 0 Å². The lowest BCUT2D eigenvalue weighted by atomic mass is 9.94. The van der Waals surface area contributed by atoms with Gasteiger partial charge in [0.1, 0.15) is 0 Å². The average molecular weight is 315 g/mol. The number of hydrogen-bond donors (Lipinski definition) is 0. The molecule has 0 fully saturated rings. The van der Waals surface area contributed by atoms with Gasteiger partial charge in [-0.15, -0.1) is 0 Å². The van der Waals surface area contributed by atoms with Crippen LogP contribution in [0.25, 0.3) is 0 Å². The van der Waals surface area contributed by atoms with Crippen LogP contribution in [0.2, 0.25) is 0 Å². The normalized spacial score (nSPS) is 14.4. The number of halogens is 1. The minimum Gasteiger partial charge on any atom is -0.294 e. The molecule has 1 aliphatic carbocycles. The Balaban J connectivity index is 1.87. The topological polar surface area (TPSA) is 17.1 Å². The summed E-state index contributed by atoms with van der Waals surface area (Å²) in [5.41, 5.74) is 4.62. The molecule has 0 radical (unpaired) electrons. The zero-order valence-corrected chi connectivity index (χ0v) is 12.4. The summed E-state index contributed by atoms with van der Waals surface area (Å²) in [6, 6.07) is 14.3. The predicted octanol–water partition coefficient (Wildman–Crippen LogP) is 4.36. The summed E-state index contributed by atoms with van der Waals surface area (Å²) in [7, 11) is 0. The van der Waals surface area contributed by atoms with Gasteiger partial charge in [-0.1, -0.05) is 46.3 Å². The number of benzene rings is 2. The van der Waals surface area contributed by atoms with E-state index in [-0.39, 0.29) is 11.7 Å². The Hall–Kier alpha value is -1.41. The van der Waals surface area contributed by atoms with Crippen molar-refractivity contribution >= 4 is 21.7 Å². The number of carbonyl (C=O) groups excluding carboxylic acids is 1. The van der Waals surface area contributed by atoms with Gasteiger partial charge in [0, 0.05) is 16.0 Å². The molecule has 19 heavy (non-hydrogen) atoms. The Kier molecular flexibility index (Phi) is 3.28. The number of hydrogen-bond acceptors (Lipinski definition) is 1. The Labute approximate surface area is 121 Å². The van der Waals surface area contributed by atoms with E-state index in [9.17, 15) is 4.79 Å². The molecule has 3 rings (SSSR count). The number of Topliss-reactive ketones (excluding diaryl/α,β-unsaturated/α-hetero) is 1. The van der Waals surface area contributed by atoms with Gasteiger partial charge < -0.3 is 0 Å². The van der Waals surface area contributed by atoms with E-state index in [1.54, 1.807) is 0 Å². The van der Waals surface area contributed by atoms with E-state index in [1.807, 2.05) is 37.3 Å². The van der Waals surface area contributed by atoms with Crippen LogP contribution in [-0.4, -0.2) is 5.78 Å². The molecule has 0 heterocycles. The van der Waals surface area contributed by atoms with Gasteiger partial charge in [-0.3, -0.25) is 4.79 Å². The van der Waals surface area contributed by atoms with Crippen molar-refractivity contribution in [1.82, 2.24) is 0 Å². The summed E-state index contributed by atoms with van der Waals surface area (Å²) in [6.45, 7) is 2.03. The second kappa shape index (κ2) is 4.93. The highest BCUT2D eigenvalue weighted by atomic mass is 79.9. The minimum absolute atomic E-state index is 0.0939. The minimum atomic E-state index is 0.0939. The first-order valence-corrected chi connectivity index (χ1v) is 7.31. The van der Waals surface area contributed by atoms with Gasteiger partial charge in [0.2, 0.25) is 0 Å². The Morgan fingerprint density at radius 1 is 1.11 bits per heavy atom. The molecule has 1 aliphatic rings. The molecule has 2 aromatic carbocycles. The van der Waals surface area contributed by atoms with E-state index in [1.165, 1.54) is 11.1 Å². The van der Waals surface area contributed by atoms with Crippen molar-refractivity contribution < 1.29 is 4.79 Å². The van der Waals surface area contributed by atoms with Crippen molar-refractivity contribution in [2.45, 2.75) is 19.8 Å². The first-order chi connectivity index (χ1) is 9.15. The second-order valence-electron chi connectivity index (χ2n) is 5.22. The third-order valence-corrected chi connectivity index (χ3v) is 4.47. The van der Waals surface area contributed by atoms with Gasteiger partial charge in [-0.05, 0) is 48.6 Å². The smallest absolute Gasteiger partial charge is 0.167 e. The van der Waals surface area contributed by atoms with Crippen LogP contribution in [-0.2, 0) is 12.8 Å². The molecule has 1 nitrogen and oxygen atoms in total. The fraction of sp³-hybridized carbons (Fsp3) is 0.235. The third-order valence-electron chi connectivity index (χ3n) is 3.81. The van der Waals surface area contributed by atoms with Crippen LogP contribution in [0.1, 0.15) is 27.0 Å². The lowest BCUT2D eigenvalue weighted by Gasteiger charge is -2.10. The monoisotopic (exact) mass is 314 g/mol. The van der Waals surface area contributed by atoms with Gasteiger partial charge >= 0.3 is 0 Å². The molecule has 0 unspecified atom stereocenters. The molecule has 0 aliphatic heterocycles. The van der Waals surface area contributed by atoms with Gasteiger partial charge in [0.05, 0.1) is 0 Å². The lowest BCUT2D eigenvalue weighted by Crippen LogP contribution is -2.15. The van der Waals surface area contributed by atoms with Crippen LogP contribution in [0.15, 0.2) is 46.9 Å². The van der Waals surface area contributed by atoms with Crippen molar-refractivity contribution in [2.24, 2.45) is 5.92 Å². The molecule has 2 aromatic rings. The largest absolute Gasteiger partial charge is 0.294 e. The molecule has 96 valence electrons. The zero-order chi connectivity index (χ0) is 13.4. The SMILES string of the molecule is Cc1ccc(C(=O)C2Cc3ccccc3C2)c(Br)c1. The molecule has 0 amide bonds. The van der Waals surface area contributed by atoms with Gasteiger partial charge in [0.15, 0.2) is 5.78 Å². The van der Waals surface area contributed by atoms with Crippen LogP contribution in [0, 0.1) is 12.8 Å².